The molecule has 2 amide bonds. The third-order valence-electron chi connectivity index (χ3n) is 2.88. The highest BCUT2D eigenvalue weighted by Gasteiger charge is 2.23. The lowest BCUT2D eigenvalue weighted by Gasteiger charge is -2.30. The van der Waals surface area contributed by atoms with Crippen molar-refractivity contribution in [1.82, 2.24) is 15.5 Å². The zero-order chi connectivity index (χ0) is 12.1. The first-order valence-corrected chi connectivity index (χ1v) is 6.31. The molecule has 4 heteroatoms. The molecule has 1 aliphatic heterocycles. The number of hydrogen-bond donors (Lipinski definition) is 2. The van der Waals surface area contributed by atoms with Crippen molar-refractivity contribution < 1.29 is 4.79 Å². The summed E-state index contributed by atoms with van der Waals surface area (Å²) in [7, 11) is 0. The summed E-state index contributed by atoms with van der Waals surface area (Å²) in [5.74, 6) is 0. The number of nitrogens with zero attached hydrogens (tertiary/aromatic N) is 1. The summed E-state index contributed by atoms with van der Waals surface area (Å²) in [5.41, 5.74) is 0. The van der Waals surface area contributed by atoms with Gasteiger partial charge in [0, 0.05) is 24.7 Å². The van der Waals surface area contributed by atoms with Gasteiger partial charge in [0.05, 0.1) is 0 Å². The highest BCUT2D eigenvalue weighted by Crippen LogP contribution is 2.09. The maximum absolute atomic E-state index is 12.0. The van der Waals surface area contributed by atoms with E-state index in [-0.39, 0.29) is 18.1 Å². The van der Waals surface area contributed by atoms with Gasteiger partial charge in [-0.25, -0.2) is 4.79 Å². The molecule has 94 valence electrons. The molecule has 0 aliphatic carbocycles. The number of hydrogen-bond acceptors (Lipinski definition) is 2. The van der Waals surface area contributed by atoms with Crippen LogP contribution in [0.3, 0.4) is 0 Å². The van der Waals surface area contributed by atoms with Crippen molar-refractivity contribution in [3.05, 3.63) is 0 Å². The van der Waals surface area contributed by atoms with Crippen molar-refractivity contribution in [2.45, 2.75) is 58.7 Å². The Labute approximate surface area is 98.8 Å². The molecule has 0 saturated carbocycles. The van der Waals surface area contributed by atoms with E-state index in [1.54, 1.807) is 0 Å². The van der Waals surface area contributed by atoms with Gasteiger partial charge in [-0.05, 0) is 47.1 Å². The first kappa shape index (κ1) is 13.3. The van der Waals surface area contributed by atoms with Crippen LogP contribution in [0.15, 0.2) is 0 Å². The summed E-state index contributed by atoms with van der Waals surface area (Å²) in [6, 6.07) is 0.977. The second-order valence-corrected chi connectivity index (χ2v) is 5.14. The molecule has 2 N–H and O–H groups in total. The fourth-order valence-electron chi connectivity index (χ4n) is 2.01. The topological polar surface area (TPSA) is 44.4 Å². The molecule has 0 aromatic carbocycles. The van der Waals surface area contributed by atoms with Crippen LogP contribution in [-0.2, 0) is 0 Å². The van der Waals surface area contributed by atoms with Crippen LogP contribution in [0.1, 0.15) is 40.5 Å². The van der Waals surface area contributed by atoms with E-state index in [2.05, 4.69) is 24.5 Å². The molecule has 1 unspecified atom stereocenters. The fourth-order valence-corrected chi connectivity index (χ4v) is 2.01. The average molecular weight is 227 g/mol. The normalized spacial score (nSPS) is 20.5. The molecule has 1 heterocycles. The van der Waals surface area contributed by atoms with E-state index in [0.717, 1.165) is 13.1 Å². The van der Waals surface area contributed by atoms with Crippen LogP contribution in [0.4, 0.5) is 4.79 Å². The molecular formula is C12H25N3O. The molecule has 1 rings (SSSR count). The van der Waals surface area contributed by atoms with Crippen LogP contribution >= 0.6 is 0 Å². The van der Waals surface area contributed by atoms with E-state index < -0.39 is 0 Å². The molecule has 0 bridgehead atoms. The summed E-state index contributed by atoms with van der Waals surface area (Å²) < 4.78 is 0. The van der Waals surface area contributed by atoms with Crippen LogP contribution < -0.4 is 10.6 Å². The highest BCUT2D eigenvalue weighted by molar-refractivity contribution is 5.74. The smallest absolute Gasteiger partial charge is 0.317 e. The van der Waals surface area contributed by atoms with Crippen LogP contribution in [0.25, 0.3) is 0 Å². The SMILES string of the molecule is CC(C)NC(=O)N(CC1CCCN1)C(C)C. The monoisotopic (exact) mass is 227 g/mol. The van der Waals surface area contributed by atoms with Crippen molar-refractivity contribution in [2.24, 2.45) is 0 Å². The van der Waals surface area contributed by atoms with E-state index >= 15 is 0 Å². The van der Waals surface area contributed by atoms with E-state index in [1.165, 1.54) is 12.8 Å². The Bertz CT molecular complexity index is 222. The minimum atomic E-state index is 0.0544. The predicted octanol–water partition coefficient (Wildman–Crippen LogP) is 1.57. The van der Waals surface area contributed by atoms with Gasteiger partial charge in [0.2, 0.25) is 0 Å². The van der Waals surface area contributed by atoms with E-state index in [9.17, 15) is 4.79 Å². The molecule has 0 aromatic heterocycles. The number of carbonyl (C=O) groups is 1. The Hall–Kier alpha value is -0.770. The Balaban J connectivity index is 2.49. The molecule has 1 atom stereocenters. The first-order chi connectivity index (χ1) is 7.50. The van der Waals surface area contributed by atoms with E-state index in [1.807, 2.05) is 18.7 Å². The molecule has 4 nitrogen and oxygen atoms in total. The number of nitrogens with one attached hydrogen (secondary N) is 2. The Kier molecular flexibility index (Phi) is 5.06. The Morgan fingerprint density at radius 1 is 1.44 bits per heavy atom. The van der Waals surface area contributed by atoms with E-state index in [4.69, 9.17) is 0 Å². The van der Waals surface area contributed by atoms with Gasteiger partial charge in [-0.3, -0.25) is 0 Å². The maximum atomic E-state index is 12.0. The second-order valence-electron chi connectivity index (χ2n) is 5.14. The number of amides is 2. The summed E-state index contributed by atoms with van der Waals surface area (Å²) in [6.45, 7) is 10.0. The first-order valence-electron chi connectivity index (χ1n) is 6.31. The Morgan fingerprint density at radius 2 is 2.12 bits per heavy atom. The van der Waals surface area contributed by atoms with Crippen molar-refractivity contribution in [2.75, 3.05) is 13.1 Å². The zero-order valence-corrected chi connectivity index (χ0v) is 10.9. The minimum absolute atomic E-state index is 0.0544. The van der Waals surface area contributed by atoms with Crippen molar-refractivity contribution >= 4 is 6.03 Å². The van der Waals surface area contributed by atoms with Crippen LogP contribution in [0, 0.1) is 0 Å². The second kappa shape index (κ2) is 6.09. The molecule has 0 radical (unpaired) electrons. The zero-order valence-electron chi connectivity index (χ0n) is 10.9. The molecule has 0 spiro atoms. The highest BCUT2D eigenvalue weighted by atomic mass is 16.2. The lowest BCUT2D eigenvalue weighted by Crippen LogP contribution is -2.50. The van der Waals surface area contributed by atoms with Gasteiger partial charge in [0.25, 0.3) is 0 Å². The molecule has 16 heavy (non-hydrogen) atoms. The van der Waals surface area contributed by atoms with Gasteiger partial charge in [0.15, 0.2) is 0 Å². The third-order valence-corrected chi connectivity index (χ3v) is 2.88. The minimum Gasteiger partial charge on any atom is -0.336 e. The summed E-state index contributed by atoms with van der Waals surface area (Å²) in [4.78, 5) is 13.9. The molecular weight excluding hydrogens is 202 g/mol. The average Bonchev–Trinajstić information content (AvgIpc) is 2.64. The predicted molar refractivity (Wildman–Crippen MR) is 66.5 cm³/mol. The summed E-state index contributed by atoms with van der Waals surface area (Å²) in [6.07, 6.45) is 2.40. The van der Waals surface area contributed by atoms with E-state index in [0.29, 0.717) is 6.04 Å². The summed E-state index contributed by atoms with van der Waals surface area (Å²) >= 11 is 0. The quantitative estimate of drug-likeness (QED) is 0.765. The van der Waals surface area contributed by atoms with Gasteiger partial charge in [-0.15, -0.1) is 0 Å². The lowest BCUT2D eigenvalue weighted by molar-refractivity contribution is 0.174. The van der Waals surface area contributed by atoms with Crippen molar-refractivity contribution in [1.29, 1.82) is 0 Å². The molecule has 0 aromatic rings. The maximum Gasteiger partial charge on any atom is 0.317 e. The number of rotatable bonds is 4. The molecule has 1 saturated heterocycles. The van der Waals surface area contributed by atoms with Crippen LogP contribution in [0.2, 0.25) is 0 Å². The van der Waals surface area contributed by atoms with Gasteiger partial charge >= 0.3 is 6.03 Å². The molecule has 1 fully saturated rings. The van der Waals surface area contributed by atoms with Gasteiger partial charge in [0.1, 0.15) is 0 Å². The largest absolute Gasteiger partial charge is 0.336 e. The van der Waals surface area contributed by atoms with Gasteiger partial charge in [-0.2, -0.15) is 0 Å². The van der Waals surface area contributed by atoms with Crippen molar-refractivity contribution in [3.8, 4) is 0 Å². The third kappa shape index (κ3) is 4.00. The van der Waals surface area contributed by atoms with Crippen LogP contribution in [0.5, 0.6) is 0 Å². The summed E-state index contributed by atoms with van der Waals surface area (Å²) in [5, 5.41) is 6.39. The van der Waals surface area contributed by atoms with Gasteiger partial charge in [-0.1, -0.05) is 0 Å². The van der Waals surface area contributed by atoms with Crippen molar-refractivity contribution in [3.63, 3.8) is 0 Å². The number of carbonyl (C=O) groups excluding carboxylic acids is 1. The van der Waals surface area contributed by atoms with Crippen LogP contribution in [-0.4, -0.2) is 42.1 Å². The van der Waals surface area contributed by atoms with Gasteiger partial charge < -0.3 is 15.5 Å². The molecule has 1 aliphatic rings. The number of urea groups is 1. The fraction of sp³-hybridized carbons (Fsp3) is 0.917. The Morgan fingerprint density at radius 3 is 2.56 bits per heavy atom. The standard InChI is InChI=1S/C12H25N3O/c1-9(2)14-12(16)15(10(3)4)8-11-6-5-7-13-11/h9-11,13H,5-8H2,1-4H3,(H,14,16). The lowest BCUT2D eigenvalue weighted by atomic mass is 10.2.